The first-order valence-corrected chi connectivity index (χ1v) is 5.76. The van der Waals surface area contributed by atoms with Crippen molar-refractivity contribution >= 4 is 0 Å². The van der Waals surface area contributed by atoms with E-state index in [1.807, 2.05) is 13.0 Å². The zero-order valence-electron chi connectivity index (χ0n) is 10.3. The van der Waals surface area contributed by atoms with Crippen molar-refractivity contribution in [1.82, 2.24) is 4.98 Å². The van der Waals surface area contributed by atoms with Gasteiger partial charge < -0.3 is 5.73 Å². The Hall–Kier alpha value is -1.88. The van der Waals surface area contributed by atoms with Crippen LogP contribution in [0.3, 0.4) is 0 Å². The van der Waals surface area contributed by atoms with Crippen molar-refractivity contribution in [2.24, 2.45) is 5.73 Å². The van der Waals surface area contributed by atoms with Gasteiger partial charge >= 0.3 is 6.18 Å². The summed E-state index contributed by atoms with van der Waals surface area (Å²) in [5.74, 6) is 0. The van der Waals surface area contributed by atoms with Crippen molar-refractivity contribution in [3.05, 3.63) is 53.2 Å². The second-order valence-electron chi connectivity index (χ2n) is 4.28. The topological polar surface area (TPSA) is 38.9 Å². The number of alkyl halides is 3. The van der Waals surface area contributed by atoms with E-state index >= 15 is 0 Å². The Bertz CT molecular complexity index is 591. The average Bonchev–Trinajstić information content (AvgIpc) is 2.37. The number of benzene rings is 1. The molecule has 2 nitrogen and oxygen atoms in total. The SMILES string of the molecule is Cc1cccc(-c2nc(C(F)(F)F)ccc2CN)c1. The van der Waals surface area contributed by atoms with E-state index in [-0.39, 0.29) is 6.54 Å². The van der Waals surface area contributed by atoms with Crippen LogP contribution in [0.4, 0.5) is 13.2 Å². The molecule has 0 aliphatic rings. The van der Waals surface area contributed by atoms with E-state index in [0.717, 1.165) is 11.6 Å². The van der Waals surface area contributed by atoms with Crippen molar-refractivity contribution < 1.29 is 13.2 Å². The van der Waals surface area contributed by atoms with Crippen LogP contribution < -0.4 is 5.73 Å². The standard InChI is InChI=1S/C14H13F3N2/c1-9-3-2-4-10(7-9)13-11(8-18)5-6-12(19-13)14(15,16)17/h2-7H,8,18H2,1H3. The van der Waals surface area contributed by atoms with Gasteiger partial charge in [-0.25, -0.2) is 4.98 Å². The number of halogens is 3. The number of pyridine rings is 1. The molecule has 0 fully saturated rings. The summed E-state index contributed by atoms with van der Waals surface area (Å²) in [7, 11) is 0. The third-order valence-electron chi connectivity index (χ3n) is 2.78. The van der Waals surface area contributed by atoms with E-state index in [1.165, 1.54) is 6.07 Å². The van der Waals surface area contributed by atoms with E-state index in [2.05, 4.69) is 4.98 Å². The third kappa shape index (κ3) is 2.93. The van der Waals surface area contributed by atoms with Crippen LogP contribution in [0.1, 0.15) is 16.8 Å². The zero-order valence-corrected chi connectivity index (χ0v) is 10.3. The molecule has 2 N–H and O–H groups in total. The first kappa shape index (κ1) is 13.5. The van der Waals surface area contributed by atoms with Gasteiger partial charge in [0.2, 0.25) is 0 Å². The maximum Gasteiger partial charge on any atom is 0.433 e. The van der Waals surface area contributed by atoms with Crippen LogP contribution in [0.25, 0.3) is 11.3 Å². The molecule has 0 saturated carbocycles. The summed E-state index contributed by atoms with van der Waals surface area (Å²) < 4.78 is 38.1. The molecule has 19 heavy (non-hydrogen) atoms. The van der Waals surface area contributed by atoms with Gasteiger partial charge in [-0.2, -0.15) is 13.2 Å². The highest BCUT2D eigenvalue weighted by molar-refractivity contribution is 5.64. The molecule has 0 radical (unpaired) electrons. The Balaban J connectivity index is 2.60. The van der Waals surface area contributed by atoms with Crippen LogP contribution in [-0.2, 0) is 12.7 Å². The molecule has 0 amide bonds. The van der Waals surface area contributed by atoms with Crippen LogP contribution >= 0.6 is 0 Å². The first-order chi connectivity index (χ1) is 8.91. The Morgan fingerprint density at radius 1 is 1.16 bits per heavy atom. The highest BCUT2D eigenvalue weighted by atomic mass is 19.4. The minimum absolute atomic E-state index is 0.147. The molecule has 0 aliphatic heterocycles. The number of aromatic nitrogens is 1. The molecule has 0 aliphatic carbocycles. The monoisotopic (exact) mass is 266 g/mol. The summed E-state index contributed by atoms with van der Waals surface area (Å²) in [6, 6.07) is 9.53. The fourth-order valence-corrected chi connectivity index (χ4v) is 1.85. The predicted octanol–water partition coefficient (Wildman–Crippen LogP) is 3.53. The lowest BCUT2D eigenvalue weighted by Gasteiger charge is -2.12. The Kier molecular flexibility index (Phi) is 3.57. The lowest BCUT2D eigenvalue weighted by molar-refractivity contribution is -0.141. The molecule has 100 valence electrons. The van der Waals surface area contributed by atoms with Gasteiger partial charge in [0.25, 0.3) is 0 Å². The smallest absolute Gasteiger partial charge is 0.326 e. The van der Waals surface area contributed by atoms with Crippen LogP contribution in [0.5, 0.6) is 0 Å². The first-order valence-electron chi connectivity index (χ1n) is 5.76. The highest BCUT2D eigenvalue weighted by Gasteiger charge is 2.33. The second kappa shape index (κ2) is 5.01. The van der Waals surface area contributed by atoms with E-state index in [0.29, 0.717) is 16.8 Å². The highest BCUT2D eigenvalue weighted by Crippen LogP contribution is 2.31. The minimum Gasteiger partial charge on any atom is -0.326 e. The lowest BCUT2D eigenvalue weighted by Crippen LogP contribution is -2.11. The summed E-state index contributed by atoms with van der Waals surface area (Å²) in [6.45, 7) is 2.02. The van der Waals surface area contributed by atoms with Crippen LogP contribution in [-0.4, -0.2) is 4.98 Å². The molecule has 1 aromatic carbocycles. The van der Waals surface area contributed by atoms with Crippen molar-refractivity contribution in [2.45, 2.75) is 19.6 Å². The van der Waals surface area contributed by atoms with E-state index in [9.17, 15) is 13.2 Å². The van der Waals surface area contributed by atoms with Gasteiger partial charge in [0.1, 0.15) is 5.69 Å². The molecule has 1 aromatic heterocycles. The summed E-state index contributed by atoms with van der Waals surface area (Å²) in [6.07, 6.45) is -4.45. The largest absolute Gasteiger partial charge is 0.433 e. The van der Waals surface area contributed by atoms with Crippen LogP contribution in [0, 0.1) is 6.92 Å². The molecule has 2 aromatic rings. The predicted molar refractivity (Wildman–Crippen MR) is 67.3 cm³/mol. The summed E-state index contributed by atoms with van der Waals surface area (Å²) >= 11 is 0. The van der Waals surface area contributed by atoms with Gasteiger partial charge in [-0.15, -0.1) is 0 Å². The van der Waals surface area contributed by atoms with Gasteiger partial charge in [0.05, 0.1) is 5.69 Å². The normalized spacial score (nSPS) is 11.6. The quantitative estimate of drug-likeness (QED) is 0.903. The van der Waals surface area contributed by atoms with Crippen molar-refractivity contribution in [2.75, 3.05) is 0 Å². The van der Waals surface area contributed by atoms with Crippen molar-refractivity contribution in [1.29, 1.82) is 0 Å². The third-order valence-corrected chi connectivity index (χ3v) is 2.78. The Morgan fingerprint density at radius 2 is 1.89 bits per heavy atom. The minimum atomic E-state index is -4.45. The molecule has 0 atom stereocenters. The van der Waals surface area contributed by atoms with Crippen molar-refractivity contribution in [3.63, 3.8) is 0 Å². The van der Waals surface area contributed by atoms with Gasteiger partial charge in [0.15, 0.2) is 0 Å². The van der Waals surface area contributed by atoms with E-state index in [4.69, 9.17) is 5.73 Å². The number of nitrogens with zero attached hydrogens (tertiary/aromatic N) is 1. The molecular weight excluding hydrogens is 253 g/mol. The maximum absolute atomic E-state index is 12.7. The lowest BCUT2D eigenvalue weighted by atomic mass is 10.0. The van der Waals surface area contributed by atoms with Gasteiger partial charge in [0, 0.05) is 12.1 Å². The fourth-order valence-electron chi connectivity index (χ4n) is 1.85. The Labute approximate surface area is 109 Å². The summed E-state index contributed by atoms with van der Waals surface area (Å²) in [5, 5.41) is 0. The fraction of sp³-hybridized carbons (Fsp3) is 0.214. The maximum atomic E-state index is 12.7. The molecule has 0 saturated heterocycles. The Morgan fingerprint density at radius 3 is 2.47 bits per heavy atom. The number of nitrogens with two attached hydrogens (primary N) is 1. The summed E-state index contributed by atoms with van der Waals surface area (Å²) in [4.78, 5) is 3.72. The second-order valence-corrected chi connectivity index (χ2v) is 4.28. The molecule has 1 heterocycles. The summed E-state index contributed by atoms with van der Waals surface area (Å²) in [5.41, 5.74) is 7.15. The average molecular weight is 266 g/mol. The molecule has 0 spiro atoms. The van der Waals surface area contributed by atoms with Crippen LogP contribution in [0.15, 0.2) is 36.4 Å². The van der Waals surface area contributed by atoms with Gasteiger partial charge in [-0.05, 0) is 24.6 Å². The van der Waals surface area contributed by atoms with Gasteiger partial charge in [-0.3, -0.25) is 0 Å². The zero-order chi connectivity index (χ0) is 14.0. The number of hydrogen-bond acceptors (Lipinski definition) is 2. The van der Waals surface area contributed by atoms with E-state index in [1.54, 1.807) is 18.2 Å². The van der Waals surface area contributed by atoms with Crippen LogP contribution in [0.2, 0.25) is 0 Å². The molecule has 0 unspecified atom stereocenters. The number of hydrogen-bond donors (Lipinski definition) is 1. The molecule has 0 bridgehead atoms. The number of aryl methyl sites for hydroxylation is 1. The van der Waals surface area contributed by atoms with E-state index < -0.39 is 11.9 Å². The molecule has 2 rings (SSSR count). The number of rotatable bonds is 2. The molecule has 5 heteroatoms. The molecular formula is C14H13F3N2. The van der Waals surface area contributed by atoms with Crippen molar-refractivity contribution in [3.8, 4) is 11.3 Å². The van der Waals surface area contributed by atoms with Gasteiger partial charge in [-0.1, -0.05) is 29.8 Å².